The predicted molar refractivity (Wildman–Crippen MR) is 78.4 cm³/mol. The van der Waals surface area contributed by atoms with Gasteiger partial charge in [-0.05, 0) is 26.2 Å². The van der Waals surface area contributed by atoms with Gasteiger partial charge < -0.3 is 9.84 Å². The maximum atomic E-state index is 12.2. The summed E-state index contributed by atoms with van der Waals surface area (Å²) in [7, 11) is 0. The Morgan fingerprint density at radius 2 is 2.26 bits per heavy atom. The second-order valence-corrected chi connectivity index (χ2v) is 6.61. The van der Waals surface area contributed by atoms with Crippen molar-refractivity contribution in [1.82, 2.24) is 5.16 Å². The summed E-state index contributed by atoms with van der Waals surface area (Å²) in [6.07, 6.45) is 7.30. The molecule has 1 aliphatic rings. The van der Waals surface area contributed by atoms with Crippen molar-refractivity contribution in [3.63, 3.8) is 0 Å². The molecule has 1 unspecified atom stereocenters. The first-order valence-electron chi connectivity index (χ1n) is 7.08. The highest BCUT2D eigenvalue weighted by atomic mass is 32.2. The van der Waals surface area contributed by atoms with Crippen molar-refractivity contribution >= 4 is 23.5 Å². The van der Waals surface area contributed by atoms with Gasteiger partial charge in [0.25, 0.3) is 0 Å². The topological polar surface area (TPSA) is 55.1 Å². The summed E-state index contributed by atoms with van der Waals surface area (Å²) < 4.78 is 4.96. The summed E-state index contributed by atoms with van der Waals surface area (Å²) in [6, 6.07) is 1.75. The van der Waals surface area contributed by atoms with Crippen molar-refractivity contribution in [1.29, 1.82) is 0 Å². The fourth-order valence-corrected chi connectivity index (χ4v) is 3.85. The van der Waals surface area contributed by atoms with Crippen molar-refractivity contribution < 1.29 is 9.32 Å². The zero-order chi connectivity index (χ0) is 13.7. The predicted octanol–water partition coefficient (Wildman–Crippen LogP) is 3.77. The summed E-state index contributed by atoms with van der Waals surface area (Å²) in [5, 5.41) is 7.30. The number of carbonyl (C=O) groups excluding carboxylic acids is 1. The number of carbonyl (C=O) groups is 1. The number of nitrogens with one attached hydrogen (secondary N) is 1. The minimum atomic E-state index is 0.0140. The number of nitrogens with zero attached hydrogens (tertiary/aromatic N) is 1. The lowest BCUT2D eigenvalue weighted by molar-refractivity contribution is -0.115. The number of hydrogen-bond donors (Lipinski definition) is 1. The molecule has 2 rings (SSSR count). The standard InChI is InChI=1S/C14H22N2O2S/c1-3-12(19-11-7-5-4-6-8-11)14(17)15-13-9-10(2)18-16-13/h9,11-12H,3-8H2,1-2H3,(H,15,16,17). The zero-order valence-electron chi connectivity index (χ0n) is 11.6. The van der Waals surface area contributed by atoms with E-state index in [-0.39, 0.29) is 11.2 Å². The Morgan fingerprint density at radius 1 is 1.53 bits per heavy atom. The summed E-state index contributed by atoms with van der Waals surface area (Å²) >= 11 is 1.83. The lowest BCUT2D eigenvalue weighted by Gasteiger charge is -2.24. The summed E-state index contributed by atoms with van der Waals surface area (Å²) in [6.45, 7) is 3.88. The van der Waals surface area contributed by atoms with Gasteiger partial charge in [0.05, 0.1) is 5.25 Å². The zero-order valence-corrected chi connectivity index (χ0v) is 12.5. The van der Waals surface area contributed by atoms with Gasteiger partial charge in [-0.2, -0.15) is 0 Å². The second kappa shape index (κ2) is 6.98. The van der Waals surface area contributed by atoms with E-state index in [0.717, 1.165) is 6.42 Å². The smallest absolute Gasteiger partial charge is 0.238 e. The molecule has 19 heavy (non-hydrogen) atoms. The van der Waals surface area contributed by atoms with E-state index in [0.29, 0.717) is 16.8 Å². The van der Waals surface area contributed by atoms with Crippen molar-refractivity contribution in [2.45, 2.75) is 62.9 Å². The summed E-state index contributed by atoms with van der Waals surface area (Å²) in [5.41, 5.74) is 0. The van der Waals surface area contributed by atoms with Crippen molar-refractivity contribution in [2.75, 3.05) is 5.32 Å². The van der Waals surface area contributed by atoms with Gasteiger partial charge in [-0.25, -0.2) is 0 Å². The molecular weight excluding hydrogens is 260 g/mol. The molecule has 0 aromatic carbocycles. The van der Waals surface area contributed by atoms with E-state index in [1.54, 1.807) is 6.07 Å². The first-order chi connectivity index (χ1) is 9.19. The fourth-order valence-electron chi connectivity index (χ4n) is 2.41. The van der Waals surface area contributed by atoms with E-state index in [2.05, 4.69) is 17.4 Å². The lowest BCUT2D eigenvalue weighted by atomic mass is 10.0. The molecule has 1 aromatic rings. The molecule has 1 N–H and O–H groups in total. The Hall–Kier alpha value is -0.970. The van der Waals surface area contributed by atoms with E-state index in [9.17, 15) is 4.79 Å². The number of anilines is 1. The van der Waals surface area contributed by atoms with Crippen LogP contribution in [-0.2, 0) is 4.79 Å². The normalized spacial score (nSPS) is 18.2. The highest BCUT2D eigenvalue weighted by Crippen LogP contribution is 2.32. The highest BCUT2D eigenvalue weighted by Gasteiger charge is 2.24. The Labute approximate surface area is 118 Å². The van der Waals surface area contributed by atoms with Crippen LogP contribution in [0, 0.1) is 6.92 Å². The van der Waals surface area contributed by atoms with Crippen LogP contribution in [0.3, 0.4) is 0 Å². The molecule has 0 aliphatic heterocycles. The van der Waals surface area contributed by atoms with Gasteiger partial charge in [0.1, 0.15) is 5.76 Å². The van der Waals surface area contributed by atoms with Crippen LogP contribution in [0.5, 0.6) is 0 Å². The largest absolute Gasteiger partial charge is 0.360 e. The van der Waals surface area contributed by atoms with Crippen LogP contribution >= 0.6 is 11.8 Å². The average molecular weight is 282 g/mol. The quantitative estimate of drug-likeness (QED) is 0.893. The maximum Gasteiger partial charge on any atom is 0.238 e. The van der Waals surface area contributed by atoms with Gasteiger partial charge >= 0.3 is 0 Å². The van der Waals surface area contributed by atoms with E-state index in [4.69, 9.17) is 4.52 Å². The van der Waals surface area contributed by atoms with Gasteiger partial charge in [0.15, 0.2) is 5.82 Å². The third kappa shape index (κ3) is 4.27. The maximum absolute atomic E-state index is 12.2. The molecule has 106 valence electrons. The number of hydrogen-bond acceptors (Lipinski definition) is 4. The van der Waals surface area contributed by atoms with Gasteiger partial charge in [0, 0.05) is 11.3 Å². The monoisotopic (exact) mass is 282 g/mol. The van der Waals surface area contributed by atoms with Crippen LogP contribution in [0.2, 0.25) is 0 Å². The summed E-state index contributed by atoms with van der Waals surface area (Å²) in [4.78, 5) is 12.2. The molecule has 4 nitrogen and oxygen atoms in total. The number of aromatic nitrogens is 1. The number of thioether (sulfide) groups is 1. The fraction of sp³-hybridized carbons (Fsp3) is 0.714. The third-order valence-corrected chi connectivity index (χ3v) is 5.18. The third-order valence-electron chi connectivity index (χ3n) is 3.45. The van der Waals surface area contributed by atoms with E-state index >= 15 is 0 Å². The number of aryl methyl sites for hydroxylation is 1. The van der Waals surface area contributed by atoms with Gasteiger partial charge in [0.2, 0.25) is 5.91 Å². The molecular formula is C14H22N2O2S. The SMILES string of the molecule is CCC(SC1CCCCC1)C(=O)Nc1cc(C)on1. The molecule has 1 saturated carbocycles. The number of amides is 1. The van der Waals surface area contributed by atoms with Crippen LogP contribution < -0.4 is 5.32 Å². The Balaban J connectivity index is 1.87. The molecule has 0 radical (unpaired) electrons. The molecule has 1 heterocycles. The minimum absolute atomic E-state index is 0.0140. The van der Waals surface area contributed by atoms with Crippen LogP contribution in [0.15, 0.2) is 10.6 Å². The molecule has 0 bridgehead atoms. The van der Waals surface area contributed by atoms with Crippen molar-refractivity contribution in [2.24, 2.45) is 0 Å². The van der Waals surface area contributed by atoms with Gasteiger partial charge in [-0.1, -0.05) is 31.3 Å². The van der Waals surface area contributed by atoms with E-state index in [1.807, 2.05) is 18.7 Å². The average Bonchev–Trinajstić information content (AvgIpc) is 2.82. The Bertz CT molecular complexity index is 413. The molecule has 1 fully saturated rings. The van der Waals surface area contributed by atoms with Crippen molar-refractivity contribution in [3.8, 4) is 0 Å². The molecule has 5 heteroatoms. The van der Waals surface area contributed by atoms with Crippen LogP contribution in [0.1, 0.15) is 51.2 Å². The van der Waals surface area contributed by atoms with Crippen LogP contribution in [-0.4, -0.2) is 21.6 Å². The summed E-state index contributed by atoms with van der Waals surface area (Å²) in [5.74, 6) is 1.28. The lowest BCUT2D eigenvalue weighted by Crippen LogP contribution is -2.27. The molecule has 0 spiro atoms. The van der Waals surface area contributed by atoms with Gasteiger partial charge in [-0.3, -0.25) is 4.79 Å². The van der Waals surface area contributed by atoms with Crippen molar-refractivity contribution in [3.05, 3.63) is 11.8 Å². The second-order valence-electron chi connectivity index (χ2n) is 5.11. The molecule has 1 aromatic heterocycles. The molecule has 1 amide bonds. The molecule has 1 atom stereocenters. The first kappa shape index (κ1) is 14.4. The first-order valence-corrected chi connectivity index (χ1v) is 8.03. The van der Waals surface area contributed by atoms with E-state index < -0.39 is 0 Å². The van der Waals surface area contributed by atoms with Crippen LogP contribution in [0.25, 0.3) is 0 Å². The minimum Gasteiger partial charge on any atom is -0.360 e. The molecule has 1 aliphatic carbocycles. The number of rotatable bonds is 5. The highest BCUT2D eigenvalue weighted by molar-refractivity contribution is 8.01. The van der Waals surface area contributed by atoms with Gasteiger partial charge in [-0.15, -0.1) is 11.8 Å². The van der Waals surface area contributed by atoms with E-state index in [1.165, 1.54) is 32.1 Å². The Kier molecular flexibility index (Phi) is 5.31. The molecule has 0 saturated heterocycles. The van der Waals surface area contributed by atoms with Crippen LogP contribution in [0.4, 0.5) is 5.82 Å². The Morgan fingerprint density at radius 3 is 2.84 bits per heavy atom.